The maximum atomic E-state index is 6.31. The number of anilines is 2. The van der Waals surface area contributed by atoms with E-state index >= 15 is 0 Å². The molecule has 0 aliphatic rings. The van der Waals surface area contributed by atoms with Crippen molar-refractivity contribution >= 4 is 23.4 Å². The average Bonchev–Trinajstić information content (AvgIpc) is 2.55. The van der Waals surface area contributed by atoms with Crippen LogP contribution in [-0.2, 0) is 6.42 Å². The van der Waals surface area contributed by atoms with Crippen LogP contribution in [0.15, 0.2) is 18.3 Å². The SMILES string of the molecule is COc1cc(C(C)C)c(Cc2cnc(NCC(C)C)nc2N)cc1Cl. The molecule has 0 fully saturated rings. The molecule has 0 bridgehead atoms. The van der Waals surface area contributed by atoms with Crippen molar-refractivity contribution in [2.75, 3.05) is 24.7 Å². The standard InChI is InChI=1S/C19H27ClN4O/c1-11(2)9-22-19-23-10-14(18(21)24-19)6-13-7-16(20)17(25-5)8-15(13)12(3)4/h7-8,10-12H,6,9H2,1-5H3,(H3,21,22,23,24). The van der Waals surface area contributed by atoms with Crippen molar-refractivity contribution in [3.63, 3.8) is 0 Å². The zero-order chi connectivity index (χ0) is 18.6. The van der Waals surface area contributed by atoms with Crippen molar-refractivity contribution < 1.29 is 4.74 Å². The third kappa shape index (κ3) is 4.98. The molecule has 0 radical (unpaired) electrons. The van der Waals surface area contributed by atoms with Crippen molar-refractivity contribution in [2.45, 2.75) is 40.0 Å². The van der Waals surface area contributed by atoms with Crippen molar-refractivity contribution in [3.8, 4) is 5.75 Å². The van der Waals surface area contributed by atoms with E-state index in [-0.39, 0.29) is 0 Å². The summed E-state index contributed by atoms with van der Waals surface area (Å²) < 4.78 is 5.34. The average molecular weight is 363 g/mol. The number of nitrogens with two attached hydrogens (primary N) is 1. The van der Waals surface area contributed by atoms with E-state index in [2.05, 4.69) is 43.0 Å². The van der Waals surface area contributed by atoms with Crippen LogP contribution in [0.25, 0.3) is 0 Å². The zero-order valence-corrected chi connectivity index (χ0v) is 16.3. The lowest BCUT2D eigenvalue weighted by atomic mass is 9.93. The number of hydrogen-bond donors (Lipinski definition) is 2. The quantitative estimate of drug-likeness (QED) is 0.758. The van der Waals surface area contributed by atoms with Crippen LogP contribution in [-0.4, -0.2) is 23.6 Å². The molecule has 1 aromatic heterocycles. The van der Waals surface area contributed by atoms with Crippen molar-refractivity contribution in [1.82, 2.24) is 9.97 Å². The molecule has 5 nitrogen and oxygen atoms in total. The van der Waals surface area contributed by atoms with E-state index in [4.69, 9.17) is 22.1 Å². The summed E-state index contributed by atoms with van der Waals surface area (Å²) in [6, 6.07) is 3.94. The highest BCUT2D eigenvalue weighted by atomic mass is 35.5. The lowest BCUT2D eigenvalue weighted by Crippen LogP contribution is -2.12. The van der Waals surface area contributed by atoms with Gasteiger partial charge in [0.05, 0.1) is 12.1 Å². The molecule has 0 unspecified atom stereocenters. The van der Waals surface area contributed by atoms with E-state index in [9.17, 15) is 0 Å². The second kappa shape index (κ2) is 8.39. The van der Waals surface area contributed by atoms with Gasteiger partial charge >= 0.3 is 0 Å². The number of rotatable bonds is 7. The van der Waals surface area contributed by atoms with Gasteiger partial charge in [-0.2, -0.15) is 4.98 Å². The summed E-state index contributed by atoms with van der Waals surface area (Å²) in [5, 5.41) is 3.78. The van der Waals surface area contributed by atoms with Crippen molar-refractivity contribution in [1.29, 1.82) is 0 Å². The lowest BCUT2D eigenvalue weighted by molar-refractivity contribution is 0.414. The Morgan fingerprint density at radius 1 is 1.20 bits per heavy atom. The molecule has 2 rings (SSSR count). The molecule has 0 spiro atoms. The van der Waals surface area contributed by atoms with Gasteiger partial charge in [-0.1, -0.05) is 39.3 Å². The third-order valence-corrected chi connectivity index (χ3v) is 4.28. The fourth-order valence-electron chi connectivity index (χ4n) is 2.60. The highest BCUT2D eigenvalue weighted by Crippen LogP contribution is 2.33. The van der Waals surface area contributed by atoms with Gasteiger partial charge < -0.3 is 15.8 Å². The van der Waals surface area contributed by atoms with Crippen LogP contribution in [0.4, 0.5) is 11.8 Å². The third-order valence-electron chi connectivity index (χ3n) is 3.98. The summed E-state index contributed by atoms with van der Waals surface area (Å²) in [6.07, 6.45) is 2.42. The predicted molar refractivity (Wildman–Crippen MR) is 105 cm³/mol. The van der Waals surface area contributed by atoms with E-state index in [1.54, 1.807) is 13.3 Å². The summed E-state index contributed by atoms with van der Waals surface area (Å²) in [7, 11) is 1.62. The first-order valence-corrected chi connectivity index (χ1v) is 8.91. The number of nitrogen functional groups attached to an aromatic ring is 1. The fourth-order valence-corrected chi connectivity index (χ4v) is 2.86. The van der Waals surface area contributed by atoms with Crippen LogP contribution >= 0.6 is 11.6 Å². The number of benzene rings is 1. The zero-order valence-electron chi connectivity index (χ0n) is 15.6. The molecule has 0 atom stereocenters. The molecule has 0 saturated heterocycles. The number of halogens is 1. The summed E-state index contributed by atoms with van der Waals surface area (Å²) in [5.41, 5.74) is 9.33. The van der Waals surface area contributed by atoms with E-state index in [1.807, 2.05) is 12.1 Å². The lowest BCUT2D eigenvalue weighted by Gasteiger charge is -2.16. The van der Waals surface area contributed by atoms with Gasteiger partial charge in [-0.15, -0.1) is 0 Å². The Kier molecular flexibility index (Phi) is 6.48. The Morgan fingerprint density at radius 3 is 2.48 bits per heavy atom. The molecular weight excluding hydrogens is 336 g/mol. The summed E-state index contributed by atoms with van der Waals surface area (Å²) in [6.45, 7) is 9.36. The van der Waals surface area contributed by atoms with Crippen LogP contribution in [0.3, 0.4) is 0 Å². The van der Waals surface area contributed by atoms with Crippen LogP contribution in [0.2, 0.25) is 5.02 Å². The number of ether oxygens (including phenoxy) is 1. The highest BCUT2D eigenvalue weighted by molar-refractivity contribution is 6.32. The van der Waals surface area contributed by atoms with Gasteiger partial charge in [0.2, 0.25) is 5.95 Å². The van der Waals surface area contributed by atoms with Gasteiger partial charge in [-0.05, 0) is 35.1 Å². The molecule has 2 aromatic rings. The minimum absolute atomic E-state index is 0.343. The van der Waals surface area contributed by atoms with Crippen LogP contribution < -0.4 is 15.8 Å². The first-order chi connectivity index (χ1) is 11.8. The highest BCUT2D eigenvalue weighted by Gasteiger charge is 2.14. The molecule has 0 amide bonds. The molecule has 25 heavy (non-hydrogen) atoms. The molecular formula is C19H27ClN4O. The topological polar surface area (TPSA) is 73.1 Å². The Balaban J connectivity index is 2.28. The number of aromatic nitrogens is 2. The second-order valence-electron chi connectivity index (χ2n) is 6.90. The molecule has 0 aliphatic heterocycles. The Labute approximate surface area is 155 Å². The summed E-state index contributed by atoms with van der Waals surface area (Å²) >= 11 is 6.31. The van der Waals surface area contributed by atoms with Gasteiger partial charge in [0, 0.05) is 24.7 Å². The van der Waals surface area contributed by atoms with Crippen molar-refractivity contribution in [3.05, 3.63) is 40.0 Å². The maximum absolute atomic E-state index is 6.31. The second-order valence-corrected chi connectivity index (χ2v) is 7.30. The fraction of sp³-hybridized carbons (Fsp3) is 0.474. The van der Waals surface area contributed by atoms with Gasteiger partial charge in [-0.3, -0.25) is 0 Å². The number of hydrogen-bond acceptors (Lipinski definition) is 5. The minimum atomic E-state index is 0.343. The smallest absolute Gasteiger partial charge is 0.224 e. The molecule has 136 valence electrons. The van der Waals surface area contributed by atoms with Crippen molar-refractivity contribution in [2.24, 2.45) is 5.92 Å². The molecule has 1 heterocycles. The molecule has 0 aliphatic carbocycles. The van der Waals surface area contributed by atoms with Gasteiger partial charge in [0.25, 0.3) is 0 Å². The Bertz CT molecular complexity index is 732. The van der Waals surface area contributed by atoms with E-state index in [1.165, 1.54) is 5.56 Å². The number of nitrogens with zero attached hydrogens (tertiary/aromatic N) is 2. The van der Waals surface area contributed by atoms with Crippen LogP contribution in [0.1, 0.15) is 50.3 Å². The van der Waals surface area contributed by atoms with E-state index < -0.39 is 0 Å². The largest absolute Gasteiger partial charge is 0.495 e. The molecule has 3 N–H and O–H groups in total. The van der Waals surface area contributed by atoms with Gasteiger partial charge in [0.15, 0.2) is 0 Å². The maximum Gasteiger partial charge on any atom is 0.224 e. The van der Waals surface area contributed by atoms with Gasteiger partial charge in [0.1, 0.15) is 11.6 Å². The first-order valence-electron chi connectivity index (χ1n) is 8.53. The van der Waals surface area contributed by atoms with E-state index in [0.29, 0.717) is 40.8 Å². The van der Waals surface area contributed by atoms with Crippen LogP contribution in [0.5, 0.6) is 5.75 Å². The number of nitrogens with one attached hydrogen (secondary N) is 1. The first kappa shape index (κ1) is 19.3. The Morgan fingerprint density at radius 2 is 1.92 bits per heavy atom. The molecule has 1 aromatic carbocycles. The molecule has 6 heteroatoms. The Hall–Kier alpha value is -2.01. The monoisotopic (exact) mass is 362 g/mol. The number of methoxy groups -OCH3 is 1. The normalized spacial score (nSPS) is 11.2. The summed E-state index contributed by atoms with van der Waals surface area (Å²) in [5.74, 6) is 2.59. The predicted octanol–water partition coefficient (Wildman–Crippen LogP) is 4.50. The minimum Gasteiger partial charge on any atom is -0.495 e. The van der Waals surface area contributed by atoms with E-state index in [0.717, 1.165) is 17.7 Å². The summed E-state index contributed by atoms with van der Waals surface area (Å²) in [4.78, 5) is 8.75. The van der Waals surface area contributed by atoms with Gasteiger partial charge in [-0.25, -0.2) is 4.98 Å². The van der Waals surface area contributed by atoms with Crippen LogP contribution in [0, 0.1) is 5.92 Å². The molecule has 0 saturated carbocycles.